The molecule has 84 valence electrons. The number of thiazole rings is 1. The predicted molar refractivity (Wildman–Crippen MR) is 67.4 cm³/mol. The van der Waals surface area contributed by atoms with Crippen LogP contribution in [0.3, 0.4) is 0 Å². The average Bonchev–Trinajstić information content (AvgIpc) is 2.92. The van der Waals surface area contributed by atoms with Crippen LogP contribution in [0.15, 0.2) is 34.9 Å². The normalized spacial score (nSPS) is 10.9. The number of fused-ring (bicyclic) bond motifs is 1. The van der Waals surface area contributed by atoms with Crippen LogP contribution in [0, 0.1) is 6.92 Å². The molecule has 0 N–H and O–H groups in total. The number of nitrogens with zero attached hydrogens (tertiary/aromatic N) is 1. The monoisotopic (exact) mass is 243 g/mol. The lowest BCUT2D eigenvalue weighted by atomic mass is 10.2. The van der Waals surface area contributed by atoms with E-state index in [1.807, 2.05) is 31.2 Å². The third-order valence-electron chi connectivity index (χ3n) is 2.65. The molecule has 0 radical (unpaired) electrons. The van der Waals surface area contributed by atoms with Crippen LogP contribution < -0.4 is 0 Å². The Bertz CT molecular complexity index is 696. The Balaban J connectivity index is 2.23. The van der Waals surface area contributed by atoms with Gasteiger partial charge in [-0.1, -0.05) is 18.2 Å². The number of aromatic nitrogens is 1. The molecule has 0 bridgehead atoms. The minimum Gasteiger partial charge on any atom is -0.464 e. The van der Waals surface area contributed by atoms with Crippen LogP contribution in [0.25, 0.3) is 21.5 Å². The second-order valence-corrected chi connectivity index (χ2v) is 4.76. The molecule has 0 aliphatic carbocycles. The van der Waals surface area contributed by atoms with E-state index >= 15 is 0 Å². The molecule has 0 aliphatic rings. The lowest BCUT2D eigenvalue weighted by molar-refractivity contribution is 0.112. The van der Waals surface area contributed by atoms with Gasteiger partial charge in [0.05, 0.1) is 16.1 Å². The number of rotatable bonds is 2. The summed E-state index contributed by atoms with van der Waals surface area (Å²) in [6.45, 7) is 1.84. The van der Waals surface area contributed by atoms with Gasteiger partial charge in [-0.3, -0.25) is 4.79 Å². The highest BCUT2D eigenvalue weighted by Gasteiger charge is 2.13. The number of hydrogen-bond donors (Lipinski definition) is 0. The highest BCUT2D eigenvalue weighted by molar-refractivity contribution is 7.16. The van der Waals surface area contributed by atoms with E-state index in [0.29, 0.717) is 4.88 Å². The van der Waals surface area contributed by atoms with E-state index < -0.39 is 0 Å². The standard InChI is InChI=1S/C13H9NO2S/c1-8-12(6-15)17-13(14-8)10-7-16-11-5-3-2-4-9(10)11/h2-7H,1H3. The number of hydrogen-bond acceptors (Lipinski definition) is 4. The minimum absolute atomic E-state index is 0.672. The van der Waals surface area contributed by atoms with E-state index in [1.165, 1.54) is 11.3 Å². The lowest BCUT2D eigenvalue weighted by Gasteiger charge is -1.90. The molecule has 2 heterocycles. The van der Waals surface area contributed by atoms with Crippen molar-refractivity contribution in [3.63, 3.8) is 0 Å². The van der Waals surface area contributed by atoms with E-state index in [4.69, 9.17) is 4.42 Å². The van der Waals surface area contributed by atoms with Crippen LogP contribution in [0.4, 0.5) is 0 Å². The summed E-state index contributed by atoms with van der Waals surface area (Å²) in [7, 11) is 0. The zero-order valence-electron chi connectivity index (χ0n) is 9.14. The molecule has 3 rings (SSSR count). The van der Waals surface area contributed by atoms with E-state index in [9.17, 15) is 4.79 Å². The fraction of sp³-hybridized carbons (Fsp3) is 0.0769. The van der Waals surface area contributed by atoms with Gasteiger partial charge < -0.3 is 4.42 Å². The molecule has 2 aromatic heterocycles. The molecule has 0 saturated heterocycles. The Kier molecular flexibility index (Phi) is 2.30. The Hall–Kier alpha value is -1.94. The summed E-state index contributed by atoms with van der Waals surface area (Å²) >= 11 is 1.39. The Labute approximate surface area is 102 Å². The van der Waals surface area contributed by atoms with E-state index in [-0.39, 0.29) is 0 Å². The number of furan rings is 1. The molecule has 0 unspecified atom stereocenters. The van der Waals surface area contributed by atoms with E-state index in [1.54, 1.807) is 6.26 Å². The highest BCUT2D eigenvalue weighted by Crippen LogP contribution is 2.33. The molecule has 3 aromatic rings. The maximum Gasteiger partial charge on any atom is 0.161 e. The third kappa shape index (κ3) is 1.57. The quantitative estimate of drug-likeness (QED) is 0.645. The van der Waals surface area contributed by atoms with Crippen LogP contribution in [-0.4, -0.2) is 11.3 Å². The summed E-state index contributed by atoms with van der Waals surface area (Å²) in [6.07, 6.45) is 2.54. The minimum atomic E-state index is 0.672. The number of aldehydes is 1. The zero-order chi connectivity index (χ0) is 11.8. The number of carbonyl (C=O) groups excluding carboxylic acids is 1. The SMILES string of the molecule is Cc1nc(-c2coc3ccccc23)sc1C=O. The van der Waals surface area contributed by atoms with Gasteiger partial charge in [0.15, 0.2) is 6.29 Å². The largest absolute Gasteiger partial charge is 0.464 e. The fourth-order valence-corrected chi connectivity index (χ4v) is 2.68. The molecule has 3 nitrogen and oxygen atoms in total. The molecule has 0 fully saturated rings. The number of benzene rings is 1. The molecule has 0 amide bonds. The van der Waals surface area contributed by atoms with Crippen LogP contribution in [0.2, 0.25) is 0 Å². The first-order valence-corrected chi connectivity index (χ1v) is 6.00. The zero-order valence-corrected chi connectivity index (χ0v) is 9.95. The summed E-state index contributed by atoms with van der Waals surface area (Å²) < 4.78 is 5.46. The lowest BCUT2D eigenvalue weighted by Crippen LogP contribution is -1.77. The molecular weight excluding hydrogens is 234 g/mol. The van der Waals surface area contributed by atoms with Gasteiger partial charge in [0.25, 0.3) is 0 Å². The van der Waals surface area contributed by atoms with Gasteiger partial charge >= 0.3 is 0 Å². The van der Waals surface area contributed by atoms with Crippen molar-refractivity contribution in [2.24, 2.45) is 0 Å². The van der Waals surface area contributed by atoms with Gasteiger partial charge in [0, 0.05) is 5.39 Å². The van der Waals surface area contributed by atoms with Crippen LogP contribution >= 0.6 is 11.3 Å². The van der Waals surface area contributed by atoms with Gasteiger partial charge in [0.2, 0.25) is 0 Å². The van der Waals surface area contributed by atoms with Crippen LogP contribution in [0.5, 0.6) is 0 Å². The van der Waals surface area contributed by atoms with Crippen molar-refractivity contribution in [2.75, 3.05) is 0 Å². The van der Waals surface area contributed by atoms with Crippen LogP contribution in [0.1, 0.15) is 15.4 Å². The first-order valence-electron chi connectivity index (χ1n) is 5.19. The summed E-state index contributed by atoms with van der Waals surface area (Å²) in [6, 6.07) is 7.80. The smallest absolute Gasteiger partial charge is 0.161 e. The fourth-order valence-electron chi connectivity index (χ4n) is 1.78. The Morgan fingerprint density at radius 2 is 2.18 bits per heavy atom. The summed E-state index contributed by atoms with van der Waals surface area (Å²) in [5.41, 5.74) is 2.55. The van der Waals surface area contributed by atoms with Gasteiger partial charge in [-0.2, -0.15) is 0 Å². The van der Waals surface area contributed by atoms with E-state index in [2.05, 4.69) is 4.98 Å². The van der Waals surface area contributed by atoms with Crippen molar-refractivity contribution in [3.05, 3.63) is 41.1 Å². The molecule has 0 spiro atoms. The maximum atomic E-state index is 10.8. The molecular formula is C13H9NO2S. The first kappa shape index (κ1) is 10.2. The topological polar surface area (TPSA) is 43.1 Å². The number of carbonyl (C=O) groups is 1. The third-order valence-corrected chi connectivity index (χ3v) is 3.77. The average molecular weight is 243 g/mol. The van der Waals surface area contributed by atoms with Gasteiger partial charge in [-0.05, 0) is 13.0 Å². The second kappa shape index (κ2) is 3.82. The van der Waals surface area contributed by atoms with Crippen molar-refractivity contribution < 1.29 is 9.21 Å². The van der Waals surface area contributed by atoms with Crippen molar-refractivity contribution >= 4 is 28.6 Å². The highest BCUT2D eigenvalue weighted by atomic mass is 32.1. The molecule has 17 heavy (non-hydrogen) atoms. The Morgan fingerprint density at radius 1 is 1.35 bits per heavy atom. The van der Waals surface area contributed by atoms with Crippen LogP contribution in [-0.2, 0) is 0 Å². The van der Waals surface area contributed by atoms with Gasteiger partial charge in [-0.15, -0.1) is 11.3 Å². The molecule has 0 atom stereocenters. The van der Waals surface area contributed by atoms with Crippen molar-refractivity contribution in [1.82, 2.24) is 4.98 Å². The second-order valence-electron chi connectivity index (χ2n) is 3.73. The predicted octanol–water partition coefficient (Wildman–Crippen LogP) is 3.68. The Morgan fingerprint density at radius 3 is 2.94 bits per heavy atom. The molecule has 4 heteroatoms. The first-order chi connectivity index (χ1) is 8.29. The molecule has 1 aromatic carbocycles. The molecule has 0 saturated carbocycles. The van der Waals surface area contributed by atoms with Crippen molar-refractivity contribution in [1.29, 1.82) is 0 Å². The van der Waals surface area contributed by atoms with Crippen molar-refractivity contribution in [2.45, 2.75) is 6.92 Å². The number of aryl methyl sites for hydroxylation is 1. The summed E-state index contributed by atoms with van der Waals surface area (Å²) in [5, 5.41) is 1.85. The maximum absolute atomic E-state index is 10.8. The van der Waals surface area contributed by atoms with E-state index in [0.717, 1.165) is 33.5 Å². The van der Waals surface area contributed by atoms with Gasteiger partial charge in [0.1, 0.15) is 16.9 Å². The summed E-state index contributed by atoms with van der Waals surface area (Å²) in [4.78, 5) is 15.9. The van der Waals surface area contributed by atoms with Gasteiger partial charge in [-0.25, -0.2) is 4.98 Å². The molecule has 0 aliphatic heterocycles. The van der Waals surface area contributed by atoms with Crippen molar-refractivity contribution in [3.8, 4) is 10.6 Å². The number of para-hydroxylation sites is 1. The summed E-state index contributed by atoms with van der Waals surface area (Å²) in [5.74, 6) is 0.